The minimum atomic E-state index is -0.136. The van der Waals surface area contributed by atoms with Crippen LogP contribution < -0.4 is 16.4 Å². The van der Waals surface area contributed by atoms with Gasteiger partial charge in [-0.15, -0.1) is 0 Å². The molecular weight excluding hydrogens is 280 g/mol. The van der Waals surface area contributed by atoms with Crippen molar-refractivity contribution in [2.24, 2.45) is 11.7 Å². The fourth-order valence-corrected chi connectivity index (χ4v) is 2.60. The summed E-state index contributed by atoms with van der Waals surface area (Å²) in [6.07, 6.45) is 1.67. The van der Waals surface area contributed by atoms with Crippen LogP contribution in [0, 0.1) is 5.92 Å². The van der Waals surface area contributed by atoms with Gasteiger partial charge in [-0.1, -0.05) is 30.3 Å². The average Bonchev–Trinajstić information content (AvgIpc) is 2.58. The average molecular weight is 304 g/mol. The van der Waals surface area contributed by atoms with E-state index in [9.17, 15) is 9.59 Å². The van der Waals surface area contributed by atoms with Crippen LogP contribution in [0.2, 0.25) is 0 Å². The zero-order chi connectivity index (χ0) is 15.8. The van der Waals surface area contributed by atoms with Crippen LogP contribution in [0.15, 0.2) is 30.3 Å². The van der Waals surface area contributed by atoms with Crippen LogP contribution in [0.25, 0.3) is 0 Å². The molecule has 2 rings (SSSR count). The highest BCUT2D eigenvalue weighted by molar-refractivity contribution is 5.80. The Morgan fingerprint density at radius 2 is 2.00 bits per heavy atom. The second-order valence-electron chi connectivity index (χ2n) is 5.51. The number of likely N-dealkylation sites (tertiary alicyclic amines) is 1. The van der Waals surface area contributed by atoms with Gasteiger partial charge in [0, 0.05) is 32.7 Å². The van der Waals surface area contributed by atoms with Crippen LogP contribution in [0.5, 0.6) is 0 Å². The molecule has 1 aliphatic heterocycles. The lowest BCUT2D eigenvalue weighted by atomic mass is 9.97. The summed E-state index contributed by atoms with van der Waals surface area (Å²) in [7, 11) is 0. The van der Waals surface area contributed by atoms with Gasteiger partial charge in [0.05, 0.1) is 5.92 Å². The van der Waals surface area contributed by atoms with E-state index in [2.05, 4.69) is 10.6 Å². The Morgan fingerprint density at radius 3 is 2.73 bits per heavy atom. The maximum absolute atomic E-state index is 12.2. The third-order valence-corrected chi connectivity index (χ3v) is 3.81. The first-order valence-corrected chi connectivity index (χ1v) is 7.75. The molecule has 4 N–H and O–H groups in total. The van der Waals surface area contributed by atoms with E-state index in [0.717, 1.165) is 18.4 Å². The number of hydrogen-bond donors (Lipinski definition) is 3. The summed E-state index contributed by atoms with van der Waals surface area (Å²) >= 11 is 0. The van der Waals surface area contributed by atoms with Gasteiger partial charge in [0.1, 0.15) is 0 Å². The molecule has 0 radical (unpaired) electrons. The van der Waals surface area contributed by atoms with Crippen molar-refractivity contribution in [3.05, 3.63) is 35.9 Å². The van der Waals surface area contributed by atoms with Gasteiger partial charge in [-0.3, -0.25) is 4.79 Å². The maximum atomic E-state index is 12.2. The van der Waals surface area contributed by atoms with Gasteiger partial charge in [0.25, 0.3) is 0 Å². The van der Waals surface area contributed by atoms with Gasteiger partial charge < -0.3 is 21.3 Å². The zero-order valence-electron chi connectivity index (χ0n) is 12.8. The molecule has 0 aromatic heterocycles. The first-order valence-electron chi connectivity index (χ1n) is 7.75. The number of carbonyl (C=O) groups is 2. The quantitative estimate of drug-likeness (QED) is 0.747. The van der Waals surface area contributed by atoms with Crippen LogP contribution in [-0.4, -0.2) is 43.0 Å². The summed E-state index contributed by atoms with van der Waals surface area (Å²) in [5, 5.41) is 5.70. The van der Waals surface area contributed by atoms with Crippen LogP contribution >= 0.6 is 0 Å². The van der Waals surface area contributed by atoms with Crippen LogP contribution in [0.1, 0.15) is 18.4 Å². The van der Waals surface area contributed by atoms with E-state index in [1.807, 2.05) is 30.3 Å². The Kier molecular flexibility index (Phi) is 6.21. The number of piperidine rings is 1. The molecule has 0 bridgehead atoms. The van der Waals surface area contributed by atoms with E-state index in [4.69, 9.17) is 5.73 Å². The van der Waals surface area contributed by atoms with E-state index in [1.165, 1.54) is 0 Å². The number of benzene rings is 1. The van der Waals surface area contributed by atoms with Gasteiger partial charge in [0.15, 0.2) is 0 Å². The predicted octanol–water partition coefficient (Wildman–Crippen LogP) is 0.683. The molecule has 3 amide bonds. The Labute approximate surface area is 131 Å². The van der Waals surface area contributed by atoms with Gasteiger partial charge >= 0.3 is 6.03 Å². The minimum Gasteiger partial charge on any atom is -0.355 e. The smallest absolute Gasteiger partial charge is 0.317 e. The van der Waals surface area contributed by atoms with Gasteiger partial charge in [0.2, 0.25) is 5.91 Å². The Morgan fingerprint density at radius 1 is 1.23 bits per heavy atom. The monoisotopic (exact) mass is 304 g/mol. The van der Waals surface area contributed by atoms with Crippen LogP contribution in [-0.2, 0) is 11.3 Å². The molecule has 1 unspecified atom stereocenters. The van der Waals surface area contributed by atoms with Crippen molar-refractivity contribution in [1.29, 1.82) is 0 Å². The fourth-order valence-electron chi connectivity index (χ4n) is 2.60. The minimum absolute atomic E-state index is 0.00832. The van der Waals surface area contributed by atoms with E-state index < -0.39 is 0 Å². The molecule has 22 heavy (non-hydrogen) atoms. The summed E-state index contributed by atoms with van der Waals surface area (Å²) in [6, 6.07) is 9.67. The lowest BCUT2D eigenvalue weighted by Crippen LogP contribution is -2.49. The first kappa shape index (κ1) is 16.3. The van der Waals surface area contributed by atoms with Crippen molar-refractivity contribution < 1.29 is 9.59 Å². The van der Waals surface area contributed by atoms with Crippen molar-refractivity contribution in [2.45, 2.75) is 19.4 Å². The molecule has 0 saturated carbocycles. The van der Waals surface area contributed by atoms with Crippen molar-refractivity contribution >= 4 is 11.9 Å². The molecule has 1 aromatic carbocycles. The third-order valence-electron chi connectivity index (χ3n) is 3.81. The number of rotatable bonds is 5. The number of amides is 3. The molecule has 120 valence electrons. The normalized spacial score (nSPS) is 17.9. The third kappa shape index (κ3) is 4.73. The summed E-state index contributed by atoms with van der Waals surface area (Å²) in [5.41, 5.74) is 6.45. The van der Waals surface area contributed by atoms with Gasteiger partial charge in [-0.05, 0) is 18.4 Å². The second-order valence-corrected chi connectivity index (χ2v) is 5.51. The summed E-state index contributed by atoms with van der Waals surface area (Å²) in [6.45, 7) is 2.58. The maximum Gasteiger partial charge on any atom is 0.317 e. The largest absolute Gasteiger partial charge is 0.355 e. The van der Waals surface area contributed by atoms with Crippen LogP contribution in [0.4, 0.5) is 4.79 Å². The van der Waals surface area contributed by atoms with Gasteiger partial charge in [-0.2, -0.15) is 0 Å². The molecule has 1 atom stereocenters. The van der Waals surface area contributed by atoms with Crippen molar-refractivity contribution in [3.63, 3.8) is 0 Å². The number of hydrogen-bond acceptors (Lipinski definition) is 3. The number of nitrogens with two attached hydrogens (primary N) is 1. The number of nitrogens with zero attached hydrogens (tertiary/aromatic N) is 1. The van der Waals surface area contributed by atoms with Gasteiger partial charge in [-0.25, -0.2) is 4.79 Å². The van der Waals surface area contributed by atoms with E-state index in [-0.39, 0.29) is 17.9 Å². The van der Waals surface area contributed by atoms with Crippen molar-refractivity contribution in [2.75, 3.05) is 26.2 Å². The molecule has 1 saturated heterocycles. The zero-order valence-corrected chi connectivity index (χ0v) is 12.8. The summed E-state index contributed by atoms with van der Waals surface area (Å²) < 4.78 is 0. The molecule has 6 heteroatoms. The molecule has 1 fully saturated rings. The van der Waals surface area contributed by atoms with E-state index in [1.54, 1.807) is 4.90 Å². The standard InChI is InChI=1S/C16H24N4O2/c17-8-9-18-15(21)14-7-4-10-20(12-14)16(22)19-11-13-5-2-1-3-6-13/h1-3,5-6,14H,4,7-12,17H2,(H,18,21)(H,19,22). The Balaban J connectivity index is 1.81. The molecule has 1 aliphatic rings. The molecule has 1 aromatic rings. The highest BCUT2D eigenvalue weighted by atomic mass is 16.2. The highest BCUT2D eigenvalue weighted by Crippen LogP contribution is 2.16. The molecular formula is C16H24N4O2. The summed E-state index contributed by atoms with van der Waals surface area (Å²) in [5.74, 6) is -0.145. The predicted molar refractivity (Wildman–Crippen MR) is 85.0 cm³/mol. The van der Waals surface area contributed by atoms with Crippen molar-refractivity contribution in [1.82, 2.24) is 15.5 Å². The molecule has 0 spiro atoms. The lowest BCUT2D eigenvalue weighted by molar-refractivity contribution is -0.126. The summed E-state index contributed by atoms with van der Waals surface area (Å²) in [4.78, 5) is 25.9. The number of urea groups is 1. The van der Waals surface area contributed by atoms with Crippen molar-refractivity contribution in [3.8, 4) is 0 Å². The SMILES string of the molecule is NCCNC(=O)C1CCCN(C(=O)NCc2ccccc2)C1. The second kappa shape index (κ2) is 8.38. The molecule has 1 heterocycles. The number of carbonyl (C=O) groups excluding carboxylic acids is 2. The molecule has 0 aliphatic carbocycles. The lowest BCUT2D eigenvalue weighted by Gasteiger charge is -2.32. The Bertz CT molecular complexity index is 492. The first-order chi connectivity index (χ1) is 10.7. The van der Waals surface area contributed by atoms with E-state index in [0.29, 0.717) is 32.7 Å². The topological polar surface area (TPSA) is 87.5 Å². The Hall–Kier alpha value is -2.08. The van der Waals surface area contributed by atoms with Crippen LogP contribution in [0.3, 0.4) is 0 Å². The fraction of sp³-hybridized carbons (Fsp3) is 0.500. The number of nitrogens with one attached hydrogen (secondary N) is 2. The van der Waals surface area contributed by atoms with E-state index >= 15 is 0 Å². The molecule has 6 nitrogen and oxygen atoms in total. The highest BCUT2D eigenvalue weighted by Gasteiger charge is 2.27.